The van der Waals surface area contributed by atoms with Crippen LogP contribution in [-0.4, -0.2) is 336 Å². The number of carbonyl (C=O) groups is 20. The van der Waals surface area contributed by atoms with Gasteiger partial charge in [-0.1, -0.05) is 116 Å². The van der Waals surface area contributed by atoms with Crippen LogP contribution < -0.4 is 75.3 Å². The Bertz CT molecular complexity index is 5590. The quantitative estimate of drug-likeness (QED) is 0.0279. The van der Waals surface area contributed by atoms with Crippen LogP contribution in [0.2, 0.25) is 0 Å². The van der Waals surface area contributed by atoms with E-state index in [0.29, 0.717) is 40.2 Å². The zero-order chi connectivity index (χ0) is 109. The number of thioether (sulfide) groups is 1. The number of aromatic hydroxyl groups is 1. The van der Waals surface area contributed by atoms with Crippen molar-refractivity contribution in [3.8, 4) is 5.75 Å². The average molecular weight is 2090 g/mol. The first-order valence-electron chi connectivity index (χ1n) is 48.2. The van der Waals surface area contributed by atoms with E-state index in [2.05, 4.69) is 58.2 Å². The number of nitrogens with zero attached hydrogens (tertiary/aromatic N) is 6. The summed E-state index contributed by atoms with van der Waals surface area (Å²) < 4.78 is 85.8. The Kier molecular flexibility index (Phi) is 43.6. The van der Waals surface area contributed by atoms with E-state index in [-0.39, 0.29) is 74.8 Å². The normalized spacial score (nSPS) is 24.0. The molecule has 0 bridgehead atoms. The molecule has 8 rings (SSSR count). The van der Waals surface area contributed by atoms with Crippen LogP contribution in [0.1, 0.15) is 149 Å². The predicted octanol–water partition coefficient (Wildman–Crippen LogP) is -0.551. The van der Waals surface area contributed by atoms with Gasteiger partial charge in [0.25, 0.3) is 0 Å². The molecule has 3 aliphatic heterocycles. The standard InChI is InChI=1S/C96H131F6N21O23S/c1-11-13-23-71-85(137)111-63(34-50(3)4)82(134)117-69(80(132)108-44-76(104)127)48-147-49-77(128)107-42-55(36-53-27-29-57(124)30-28-53)88(140)118(8)52(7)79(131)113-67(40-75(103)126)90(142)122-33-19-26-72(122)86(138)116-68(43-109-94(146)96(100,101)102)84(136)114-65(35-51(5)6)91(143)123-46-58(125)39-74(123)87(139)112-64(37-54-41-106-61-22-17-15-20-59(54)61)83(135)110-62(31-32-105-93(145)95(97,98)99)81(133)115-66(89(141)120(10)73(24-14-12-2)92(144)119(71)9)38-56-45-121(47-78(129)130)70-25-18-16-21-60(56)70/h15-18,20-22,25,27-30,41,45,50-52,55,58,62-69,71-74,106,124-125H,11-14,19,23-24,26,31-40,42-44,46-49H2,1-10H3,(H2,103,126)(H2,104,127)(H,105,145)(H,107,128)(H,108,132)(H,109,146)(H,110,135)(H,111,137)(H,112,139)(H,113,131)(H,114,136)(H,115,133)(H,116,138)(H,117,134)(H,129,130)/t52-,55+,58+,62-,63-,64-,65-,66-,67-,68-,69-,71-,72-,73-,74-/m0/s1. The van der Waals surface area contributed by atoms with Crippen LogP contribution in [0.25, 0.3) is 21.8 Å². The number of benzene rings is 3. The van der Waals surface area contributed by atoms with Gasteiger partial charge in [0.1, 0.15) is 90.8 Å². The maximum absolute atomic E-state index is 16.1. The molecule has 51 heteroatoms. The summed E-state index contributed by atoms with van der Waals surface area (Å²) in [5.74, 6) is -28.9. The number of carboxylic acid groups (broad SMARTS) is 1. The molecule has 0 spiro atoms. The van der Waals surface area contributed by atoms with Crippen molar-refractivity contribution in [2.45, 2.75) is 255 Å². The van der Waals surface area contributed by atoms with Crippen molar-refractivity contribution < 1.29 is 138 Å². The van der Waals surface area contributed by atoms with Gasteiger partial charge in [-0.15, -0.1) is 11.8 Å². The van der Waals surface area contributed by atoms with Crippen molar-refractivity contribution in [2.75, 3.05) is 71.9 Å². The van der Waals surface area contributed by atoms with Crippen molar-refractivity contribution in [2.24, 2.45) is 29.2 Å². The van der Waals surface area contributed by atoms with Crippen LogP contribution in [0, 0.1) is 17.8 Å². The van der Waals surface area contributed by atoms with Crippen molar-refractivity contribution >= 4 is 152 Å². The van der Waals surface area contributed by atoms with E-state index in [0.717, 1.165) is 36.3 Å². The number of rotatable bonds is 28. The number of halogens is 6. The third-order valence-electron chi connectivity index (χ3n) is 25.4. The Morgan fingerprint density at radius 2 is 1.09 bits per heavy atom. The Morgan fingerprint density at radius 3 is 1.72 bits per heavy atom. The molecule has 5 heterocycles. The van der Waals surface area contributed by atoms with Gasteiger partial charge in [-0.25, -0.2) is 0 Å². The Balaban J connectivity index is 1.26. The molecular formula is C96H131F6N21O23S. The van der Waals surface area contributed by atoms with E-state index < -0.39 is 322 Å². The summed E-state index contributed by atoms with van der Waals surface area (Å²) in [7, 11) is 3.63. The van der Waals surface area contributed by atoms with Crippen LogP contribution >= 0.6 is 11.8 Å². The maximum atomic E-state index is 16.1. The fourth-order valence-electron chi connectivity index (χ4n) is 17.5. The zero-order valence-electron chi connectivity index (χ0n) is 83.1. The molecule has 3 aliphatic rings. The van der Waals surface area contributed by atoms with Gasteiger partial charge in [-0.2, -0.15) is 26.3 Å². The van der Waals surface area contributed by atoms with E-state index in [1.54, 1.807) is 95.4 Å². The lowest BCUT2D eigenvalue weighted by Crippen LogP contribution is -2.62. The molecule has 3 saturated heterocycles. The minimum Gasteiger partial charge on any atom is -0.508 e. The topological polar surface area (TPSA) is 635 Å². The second-order valence-electron chi connectivity index (χ2n) is 37.6. The number of nitrogens with two attached hydrogens (primary N) is 2. The number of phenolic OH excluding ortho intramolecular Hbond substituents is 1. The minimum absolute atomic E-state index is 0.0354. The zero-order valence-corrected chi connectivity index (χ0v) is 83.9. The highest BCUT2D eigenvalue weighted by molar-refractivity contribution is 8.00. The molecule has 44 nitrogen and oxygen atoms in total. The number of aliphatic hydroxyl groups is 1. The van der Waals surface area contributed by atoms with Gasteiger partial charge in [0.15, 0.2) is 0 Å². The summed E-state index contributed by atoms with van der Waals surface area (Å²) in [5, 5.41) is 60.6. The number of para-hydroxylation sites is 2. The van der Waals surface area contributed by atoms with Gasteiger partial charge >= 0.3 is 30.1 Å². The van der Waals surface area contributed by atoms with Gasteiger partial charge in [-0.05, 0) is 111 Å². The minimum atomic E-state index is -5.63. The number of H-pyrrole nitrogens is 1. The fourth-order valence-corrected chi connectivity index (χ4v) is 18.4. The number of primary amides is 2. The van der Waals surface area contributed by atoms with Gasteiger partial charge in [-0.3, -0.25) is 95.9 Å². The molecule has 20 N–H and O–H groups in total. The third kappa shape index (κ3) is 34.0. The van der Waals surface area contributed by atoms with E-state index in [1.165, 1.54) is 74.6 Å². The Hall–Kier alpha value is -14.2. The number of nitrogens with one attached hydrogen (secondary N) is 13. The van der Waals surface area contributed by atoms with Crippen molar-refractivity contribution in [1.82, 2.24) is 97.9 Å². The highest BCUT2D eigenvalue weighted by atomic mass is 32.2. The molecule has 3 fully saturated rings. The van der Waals surface area contributed by atoms with Crippen molar-refractivity contribution in [3.05, 3.63) is 102 Å². The van der Waals surface area contributed by atoms with Gasteiger partial charge in [0.2, 0.25) is 100 Å². The SMILES string of the molecule is CCCC[C@H]1C(=O)N(C)[C@@H](CCCC)C(=O)N[C@@H](CC(C)C)C(=O)N[C@H](C(=O)NCC(N)=O)CSCC(=O)NC[C@@H](Cc2ccc(O)cc2)C(=O)N(C)[C@@H](C)C(=O)N[C@@H](CC(N)=O)C(=O)N2CCC[C@H]2C(=O)N[C@@H](CNC(=O)C(F)(F)F)C(=O)N[C@@H](CC(C)C)C(=O)N2C[C@H](O)C[C@H]2C(=O)N[C@@H](Cc2c[nH]c3ccccc23)C(=O)N[C@@H](CCNC(=O)C(F)(F)F)C(=O)N[C@@H](Cc2cn(CC(=O)O)c3ccccc23)C(=O)N1C. The molecule has 0 unspecified atom stereocenters. The van der Waals surface area contributed by atoms with Crippen LogP contribution in [0.3, 0.4) is 0 Å². The number of unbranched alkanes of at least 4 members (excludes halogenated alkanes) is 2. The van der Waals surface area contributed by atoms with E-state index in [1.807, 2.05) is 0 Å². The van der Waals surface area contributed by atoms with Gasteiger partial charge in [0, 0.05) is 113 Å². The molecule has 15 atom stereocenters. The number of aliphatic carboxylic acids is 1. The lowest BCUT2D eigenvalue weighted by Gasteiger charge is -2.36. The Labute approximate surface area is 846 Å². The molecule has 19 amide bonds. The number of hydrogen-bond donors (Lipinski definition) is 18. The average Bonchev–Trinajstić information content (AvgIpc) is 1.63. The summed E-state index contributed by atoms with van der Waals surface area (Å²) in [4.78, 5) is 296. The number of carboxylic acids is 1. The van der Waals surface area contributed by atoms with E-state index in [4.69, 9.17) is 11.5 Å². The van der Waals surface area contributed by atoms with Gasteiger partial charge < -0.3 is 125 Å². The van der Waals surface area contributed by atoms with Crippen LogP contribution in [0.15, 0.2) is 85.2 Å². The molecule has 0 aliphatic carbocycles. The number of phenols is 1. The Morgan fingerprint density at radius 1 is 0.544 bits per heavy atom. The van der Waals surface area contributed by atoms with Crippen molar-refractivity contribution in [3.63, 3.8) is 0 Å². The molecule has 3 aromatic carbocycles. The maximum Gasteiger partial charge on any atom is 0.471 e. The predicted molar refractivity (Wildman–Crippen MR) is 519 cm³/mol. The summed E-state index contributed by atoms with van der Waals surface area (Å²) in [6.07, 6.45) is -13.9. The number of fused-ring (bicyclic) bond motifs is 4. The fraction of sp³-hybridized carbons (Fsp3) is 0.562. The number of aromatic nitrogens is 2. The number of amides is 19. The first-order chi connectivity index (χ1) is 69.2. The molecule has 5 aromatic rings. The summed E-state index contributed by atoms with van der Waals surface area (Å²) >= 11 is 0.764. The highest BCUT2D eigenvalue weighted by Crippen LogP contribution is 2.30. The smallest absolute Gasteiger partial charge is 0.471 e. The van der Waals surface area contributed by atoms with E-state index in [9.17, 15) is 104 Å². The second-order valence-corrected chi connectivity index (χ2v) is 38.7. The van der Waals surface area contributed by atoms with Gasteiger partial charge in [0.05, 0.1) is 30.7 Å². The number of alkyl halides is 6. The second kappa shape index (κ2) is 54.3. The van der Waals surface area contributed by atoms with Crippen LogP contribution in [0.4, 0.5) is 26.3 Å². The number of carbonyl (C=O) groups excluding carboxylic acids is 19. The number of hydrogen-bond acceptors (Lipinski definition) is 23. The molecule has 806 valence electrons. The molecule has 0 saturated carbocycles. The van der Waals surface area contributed by atoms with Crippen molar-refractivity contribution in [1.29, 1.82) is 0 Å². The van der Waals surface area contributed by atoms with E-state index >= 15 is 33.6 Å². The number of aliphatic hydroxyl groups excluding tert-OH is 1. The third-order valence-corrected chi connectivity index (χ3v) is 26.4. The number of aromatic amines is 1. The van der Waals surface area contributed by atoms with Crippen LogP contribution in [-0.2, 0) is 122 Å². The lowest BCUT2D eigenvalue weighted by atomic mass is 9.97. The highest BCUT2D eigenvalue weighted by Gasteiger charge is 2.49. The molecule has 0 radical (unpaired) electrons. The molecule has 2 aromatic heterocycles. The number of likely N-dealkylation sites (N-methyl/N-ethyl adjacent to an activating group) is 3. The van der Waals surface area contributed by atoms with Crippen LogP contribution in [0.5, 0.6) is 5.75 Å². The molecular weight excluding hydrogens is 1960 g/mol. The molecule has 147 heavy (non-hydrogen) atoms. The summed E-state index contributed by atoms with van der Waals surface area (Å²) in [5.41, 5.74) is 12.7. The monoisotopic (exact) mass is 2090 g/mol. The summed E-state index contributed by atoms with van der Waals surface area (Å²) in [6.45, 7) is 5.78. The first-order valence-corrected chi connectivity index (χ1v) is 49.4. The lowest BCUT2D eigenvalue weighted by molar-refractivity contribution is -0.173. The summed E-state index contributed by atoms with van der Waals surface area (Å²) in [6, 6.07) is -5.34. The first kappa shape index (κ1) is 118. The largest absolute Gasteiger partial charge is 0.508 e.